The summed E-state index contributed by atoms with van der Waals surface area (Å²) in [5.41, 5.74) is 0.647. The highest BCUT2D eigenvalue weighted by Gasteiger charge is 2.32. The molecular weight excluding hydrogens is 711 g/mol. The van der Waals surface area contributed by atoms with E-state index in [0.717, 1.165) is 27.4 Å². The first-order valence-corrected chi connectivity index (χ1v) is 16.2. The summed E-state index contributed by atoms with van der Waals surface area (Å²) in [5.74, 6) is -1.57. The number of pyridine rings is 1. The number of ether oxygens (including phenoxy) is 2. The Labute approximate surface area is 298 Å². The molecule has 16 heteroatoms. The summed E-state index contributed by atoms with van der Waals surface area (Å²) in [4.78, 5) is 35.6. The van der Waals surface area contributed by atoms with Gasteiger partial charge in [0.2, 0.25) is 5.88 Å². The lowest BCUT2D eigenvalue weighted by molar-refractivity contribution is -0.153. The summed E-state index contributed by atoms with van der Waals surface area (Å²) < 4.78 is 103. The predicted octanol–water partition coefficient (Wildman–Crippen LogP) is 7.70. The van der Waals surface area contributed by atoms with Crippen LogP contribution in [0.1, 0.15) is 32.0 Å². The minimum absolute atomic E-state index is 0.135. The van der Waals surface area contributed by atoms with E-state index in [4.69, 9.17) is 9.47 Å². The second kappa shape index (κ2) is 14.8. The number of halogens is 7. The van der Waals surface area contributed by atoms with E-state index in [0.29, 0.717) is 50.2 Å². The fraction of sp³-hybridized carbons (Fsp3) is 0.270. The normalized spacial score (nSPS) is 14.0. The standard InChI is InChI=1S/C37H32F7N5O4/c1-46(34(50)29-11-6-25(18-30(29)38)37(42,43)44)26-7-12-33(45-20-26)53-28-10-5-24-17-32(47(2)31(24)19-28)35(51)49-15-13-48(14-16-49)21-23-3-8-27(9-4-23)52-22-36(39,40)41/h3-12,17-20H,13-16,21-22H2,1-2H3. The van der Waals surface area contributed by atoms with Crippen LogP contribution in [-0.4, -0.2) is 77.2 Å². The van der Waals surface area contributed by atoms with Gasteiger partial charge < -0.3 is 23.8 Å². The second-order valence-electron chi connectivity index (χ2n) is 12.4. The number of hydrogen-bond donors (Lipinski definition) is 0. The zero-order valence-electron chi connectivity index (χ0n) is 28.3. The van der Waals surface area contributed by atoms with Crippen LogP contribution >= 0.6 is 0 Å². The number of amides is 2. The molecular formula is C37H32F7N5O4. The minimum atomic E-state index is -4.75. The van der Waals surface area contributed by atoms with Crippen LogP contribution in [0, 0.1) is 5.82 Å². The Kier molecular flexibility index (Phi) is 10.3. The van der Waals surface area contributed by atoms with E-state index in [9.17, 15) is 40.3 Å². The number of fused-ring (bicyclic) bond motifs is 1. The van der Waals surface area contributed by atoms with Crippen molar-refractivity contribution in [2.75, 3.05) is 44.7 Å². The van der Waals surface area contributed by atoms with Crippen LogP contribution in [-0.2, 0) is 19.8 Å². The van der Waals surface area contributed by atoms with E-state index in [1.165, 1.54) is 37.5 Å². The van der Waals surface area contributed by atoms with E-state index in [1.54, 1.807) is 52.9 Å². The van der Waals surface area contributed by atoms with Crippen molar-refractivity contribution in [3.63, 3.8) is 0 Å². The monoisotopic (exact) mass is 743 g/mol. The van der Waals surface area contributed by atoms with Crippen molar-refractivity contribution in [3.8, 4) is 17.4 Å². The maximum absolute atomic E-state index is 14.4. The highest BCUT2D eigenvalue weighted by Crippen LogP contribution is 2.32. The molecule has 53 heavy (non-hydrogen) atoms. The maximum atomic E-state index is 14.4. The molecule has 3 heterocycles. The third-order valence-electron chi connectivity index (χ3n) is 8.79. The molecule has 1 aliphatic rings. The van der Waals surface area contributed by atoms with Gasteiger partial charge >= 0.3 is 12.4 Å². The molecule has 0 saturated carbocycles. The number of hydrogen-bond acceptors (Lipinski definition) is 6. The molecule has 0 N–H and O–H groups in total. The minimum Gasteiger partial charge on any atom is -0.484 e. The Balaban J connectivity index is 1.05. The fourth-order valence-electron chi connectivity index (χ4n) is 5.88. The number of alkyl halides is 6. The van der Waals surface area contributed by atoms with Crippen LogP contribution in [0.15, 0.2) is 85.1 Å². The number of aromatic nitrogens is 2. The van der Waals surface area contributed by atoms with Crippen LogP contribution < -0.4 is 14.4 Å². The lowest BCUT2D eigenvalue weighted by Gasteiger charge is -2.34. The molecule has 0 aliphatic carbocycles. The zero-order valence-corrected chi connectivity index (χ0v) is 28.3. The van der Waals surface area contributed by atoms with Crippen LogP contribution in [0.4, 0.5) is 36.4 Å². The van der Waals surface area contributed by atoms with Crippen molar-refractivity contribution >= 4 is 28.4 Å². The van der Waals surface area contributed by atoms with Crippen molar-refractivity contribution < 1.29 is 49.8 Å². The topological polar surface area (TPSA) is 80.1 Å². The molecule has 0 atom stereocenters. The molecule has 1 fully saturated rings. The van der Waals surface area contributed by atoms with Crippen LogP contribution in [0.25, 0.3) is 10.9 Å². The van der Waals surface area contributed by atoms with Gasteiger partial charge in [-0.15, -0.1) is 0 Å². The fourth-order valence-corrected chi connectivity index (χ4v) is 5.88. The largest absolute Gasteiger partial charge is 0.484 e. The second-order valence-corrected chi connectivity index (χ2v) is 12.4. The summed E-state index contributed by atoms with van der Waals surface area (Å²) in [7, 11) is 3.11. The molecule has 2 aromatic heterocycles. The Hall–Kier alpha value is -5.64. The van der Waals surface area contributed by atoms with Gasteiger partial charge in [-0.3, -0.25) is 14.5 Å². The molecule has 278 valence electrons. The summed E-state index contributed by atoms with van der Waals surface area (Å²) >= 11 is 0. The Morgan fingerprint density at radius 1 is 0.849 bits per heavy atom. The van der Waals surface area contributed by atoms with Gasteiger partial charge in [-0.2, -0.15) is 26.3 Å². The number of nitrogens with zero attached hydrogens (tertiary/aromatic N) is 5. The third kappa shape index (κ3) is 8.71. The molecule has 0 radical (unpaired) electrons. The van der Waals surface area contributed by atoms with Gasteiger partial charge in [0.25, 0.3) is 11.8 Å². The van der Waals surface area contributed by atoms with Crippen molar-refractivity contribution in [2.45, 2.75) is 18.9 Å². The number of anilines is 1. The quantitative estimate of drug-likeness (QED) is 0.144. The highest BCUT2D eigenvalue weighted by molar-refractivity contribution is 6.06. The third-order valence-corrected chi connectivity index (χ3v) is 8.79. The number of piperazine rings is 1. The molecule has 2 amide bonds. The molecule has 1 saturated heterocycles. The van der Waals surface area contributed by atoms with Crippen molar-refractivity contribution in [3.05, 3.63) is 113 Å². The van der Waals surface area contributed by atoms with Crippen molar-refractivity contribution in [1.29, 1.82) is 0 Å². The van der Waals surface area contributed by atoms with Gasteiger partial charge in [0.1, 0.15) is 23.0 Å². The first kappa shape index (κ1) is 37.1. The molecule has 0 bridgehead atoms. The van der Waals surface area contributed by atoms with Crippen LogP contribution in [0.5, 0.6) is 17.4 Å². The van der Waals surface area contributed by atoms with Crippen LogP contribution in [0.3, 0.4) is 0 Å². The van der Waals surface area contributed by atoms with Gasteiger partial charge in [-0.25, -0.2) is 9.37 Å². The van der Waals surface area contributed by atoms with Gasteiger partial charge in [0.15, 0.2) is 6.61 Å². The van der Waals surface area contributed by atoms with E-state index < -0.39 is 41.8 Å². The van der Waals surface area contributed by atoms with Gasteiger partial charge in [0.05, 0.1) is 28.5 Å². The van der Waals surface area contributed by atoms with E-state index in [-0.39, 0.29) is 29.3 Å². The molecule has 6 rings (SSSR count). The van der Waals surface area contributed by atoms with E-state index in [1.807, 2.05) is 0 Å². The maximum Gasteiger partial charge on any atom is 0.422 e. The molecule has 0 unspecified atom stereocenters. The SMILES string of the molecule is CN(C(=O)c1ccc(C(F)(F)F)cc1F)c1ccc(Oc2ccc3cc(C(=O)N4CCN(Cc5ccc(OCC(F)(F)F)cc5)CC4)n(C)c3c2)nc1. The lowest BCUT2D eigenvalue weighted by Crippen LogP contribution is -2.48. The smallest absolute Gasteiger partial charge is 0.422 e. The van der Waals surface area contributed by atoms with Crippen molar-refractivity contribution in [1.82, 2.24) is 19.4 Å². The average molecular weight is 744 g/mol. The van der Waals surface area contributed by atoms with Gasteiger partial charge in [-0.1, -0.05) is 12.1 Å². The van der Waals surface area contributed by atoms with Gasteiger partial charge in [0, 0.05) is 64.3 Å². The number of carbonyl (C=O) groups excluding carboxylic acids is 2. The zero-order chi connectivity index (χ0) is 38.1. The van der Waals surface area contributed by atoms with E-state index >= 15 is 0 Å². The number of carbonyl (C=O) groups is 2. The molecule has 0 spiro atoms. The van der Waals surface area contributed by atoms with E-state index in [2.05, 4.69) is 9.88 Å². The Morgan fingerprint density at radius 3 is 2.17 bits per heavy atom. The molecule has 9 nitrogen and oxygen atoms in total. The average Bonchev–Trinajstić information content (AvgIpc) is 3.45. The summed E-state index contributed by atoms with van der Waals surface area (Å²) in [6.07, 6.45) is -7.85. The number of aryl methyl sites for hydroxylation is 1. The lowest BCUT2D eigenvalue weighted by atomic mass is 10.1. The first-order chi connectivity index (χ1) is 25.1. The molecule has 5 aromatic rings. The van der Waals surface area contributed by atoms with Crippen molar-refractivity contribution in [2.24, 2.45) is 7.05 Å². The van der Waals surface area contributed by atoms with Gasteiger partial charge in [-0.05, 0) is 60.2 Å². The Bertz CT molecular complexity index is 2110. The first-order valence-electron chi connectivity index (χ1n) is 16.2. The highest BCUT2D eigenvalue weighted by atomic mass is 19.4. The Morgan fingerprint density at radius 2 is 1.55 bits per heavy atom. The summed E-state index contributed by atoms with van der Waals surface area (Å²) in [5, 5.41) is 0.809. The molecule has 1 aliphatic heterocycles. The summed E-state index contributed by atoms with van der Waals surface area (Å²) in [6, 6.07) is 18.2. The summed E-state index contributed by atoms with van der Waals surface area (Å²) in [6.45, 7) is 1.43. The number of benzene rings is 3. The molecule has 3 aromatic carbocycles. The predicted molar refractivity (Wildman–Crippen MR) is 181 cm³/mol. The van der Waals surface area contributed by atoms with Crippen LogP contribution in [0.2, 0.25) is 0 Å². The number of rotatable bonds is 9.